The van der Waals surface area contributed by atoms with Gasteiger partial charge in [0.25, 0.3) is 0 Å². The van der Waals surface area contributed by atoms with Crippen LogP contribution < -0.4 is 10.1 Å². The van der Waals surface area contributed by atoms with Gasteiger partial charge in [-0.3, -0.25) is 4.98 Å². The topological polar surface area (TPSA) is 52.0 Å². The summed E-state index contributed by atoms with van der Waals surface area (Å²) in [6.07, 6.45) is 6.16. The minimum atomic E-state index is 0.390. The van der Waals surface area contributed by atoms with Crippen LogP contribution >= 0.6 is 0 Å². The van der Waals surface area contributed by atoms with E-state index in [1.54, 1.807) is 7.11 Å². The Morgan fingerprint density at radius 2 is 2.17 bits per heavy atom. The summed E-state index contributed by atoms with van der Waals surface area (Å²) < 4.78 is 7.73. The summed E-state index contributed by atoms with van der Waals surface area (Å²) in [4.78, 5) is 9.16. The third kappa shape index (κ3) is 2.50. The van der Waals surface area contributed by atoms with Crippen LogP contribution in [0, 0.1) is 13.8 Å². The molecule has 0 fully saturated rings. The van der Waals surface area contributed by atoms with E-state index in [-0.39, 0.29) is 0 Å². The smallest absolute Gasteiger partial charge is 0.145 e. The van der Waals surface area contributed by atoms with E-state index in [1.165, 1.54) is 5.82 Å². The van der Waals surface area contributed by atoms with E-state index in [4.69, 9.17) is 4.74 Å². The Labute approximate surface area is 141 Å². The largest absolute Gasteiger partial charge is 0.494 e. The summed E-state index contributed by atoms with van der Waals surface area (Å²) in [6.45, 7) is 5.10. The number of pyridine rings is 1. The van der Waals surface area contributed by atoms with Gasteiger partial charge < -0.3 is 14.6 Å². The molecule has 3 heterocycles. The first-order valence-electron chi connectivity index (χ1n) is 8.37. The number of benzene rings is 1. The van der Waals surface area contributed by atoms with Crippen LogP contribution in [0.15, 0.2) is 30.6 Å². The van der Waals surface area contributed by atoms with Crippen molar-refractivity contribution in [3.63, 3.8) is 0 Å². The molecule has 24 heavy (non-hydrogen) atoms. The van der Waals surface area contributed by atoms with Crippen LogP contribution in [0.3, 0.4) is 0 Å². The van der Waals surface area contributed by atoms with Crippen molar-refractivity contribution in [1.29, 1.82) is 0 Å². The highest BCUT2D eigenvalue weighted by Crippen LogP contribution is 2.32. The van der Waals surface area contributed by atoms with Crippen molar-refractivity contribution >= 4 is 16.6 Å². The first-order valence-corrected chi connectivity index (χ1v) is 8.37. The number of aromatic nitrogens is 3. The van der Waals surface area contributed by atoms with Crippen LogP contribution in [0.1, 0.15) is 23.5 Å². The Morgan fingerprint density at radius 1 is 1.29 bits per heavy atom. The molecule has 0 saturated heterocycles. The summed E-state index contributed by atoms with van der Waals surface area (Å²) in [5, 5.41) is 4.86. The molecule has 0 spiro atoms. The zero-order valence-corrected chi connectivity index (χ0v) is 14.3. The molecule has 3 aromatic rings. The molecule has 0 saturated carbocycles. The number of nitrogens with one attached hydrogen (secondary N) is 1. The second-order valence-corrected chi connectivity index (χ2v) is 6.50. The van der Waals surface area contributed by atoms with E-state index in [9.17, 15) is 0 Å². The van der Waals surface area contributed by atoms with Crippen LogP contribution in [-0.2, 0) is 13.0 Å². The van der Waals surface area contributed by atoms with Gasteiger partial charge in [0.2, 0.25) is 0 Å². The van der Waals surface area contributed by atoms with Gasteiger partial charge in [0.15, 0.2) is 0 Å². The number of hydrogen-bond acceptors (Lipinski definition) is 4. The molecular weight excluding hydrogens is 300 g/mol. The lowest BCUT2D eigenvalue weighted by molar-refractivity contribution is 0.419. The average Bonchev–Trinajstić information content (AvgIpc) is 2.96. The third-order valence-electron chi connectivity index (χ3n) is 4.73. The molecule has 0 amide bonds. The van der Waals surface area contributed by atoms with Crippen LogP contribution in [0.5, 0.6) is 5.75 Å². The number of ether oxygens (including phenoxy) is 1. The predicted octanol–water partition coefficient (Wildman–Crippen LogP) is 3.48. The summed E-state index contributed by atoms with van der Waals surface area (Å²) in [5.74, 6) is 2.01. The molecule has 1 unspecified atom stereocenters. The van der Waals surface area contributed by atoms with Gasteiger partial charge in [-0.25, -0.2) is 4.98 Å². The van der Waals surface area contributed by atoms with Crippen molar-refractivity contribution < 1.29 is 4.74 Å². The highest BCUT2D eigenvalue weighted by molar-refractivity contribution is 5.96. The lowest BCUT2D eigenvalue weighted by atomic mass is 10.0. The van der Waals surface area contributed by atoms with Crippen molar-refractivity contribution in [1.82, 2.24) is 14.5 Å². The van der Waals surface area contributed by atoms with E-state index in [0.717, 1.165) is 53.0 Å². The van der Waals surface area contributed by atoms with Crippen LogP contribution in [-0.4, -0.2) is 27.7 Å². The number of methoxy groups -OCH3 is 1. The number of anilines is 1. The fourth-order valence-electron chi connectivity index (χ4n) is 3.56. The van der Waals surface area contributed by atoms with Gasteiger partial charge in [-0.1, -0.05) is 12.1 Å². The standard InChI is InChI=1S/C19H22N4O/c1-12-9-20-19-15(5-4-6-16(19)24-3)18(12)22-14-7-8-17-21-13(2)10-23(17)11-14/h4-6,9-10,14H,7-8,11H2,1-3H3,(H,20,22). The number of rotatable bonds is 3. The molecule has 1 N–H and O–H groups in total. The molecular formula is C19H22N4O. The maximum absolute atomic E-state index is 5.46. The average molecular weight is 322 g/mol. The second-order valence-electron chi connectivity index (χ2n) is 6.50. The Bertz CT molecular complexity index is 900. The van der Waals surface area contributed by atoms with E-state index in [1.807, 2.05) is 18.3 Å². The van der Waals surface area contributed by atoms with Crippen LogP contribution in [0.4, 0.5) is 5.69 Å². The van der Waals surface area contributed by atoms with Gasteiger partial charge in [-0.2, -0.15) is 0 Å². The molecule has 0 bridgehead atoms. The van der Waals surface area contributed by atoms with Gasteiger partial charge in [-0.15, -0.1) is 0 Å². The quantitative estimate of drug-likeness (QED) is 0.802. The van der Waals surface area contributed by atoms with Crippen molar-refractivity contribution in [3.05, 3.63) is 47.7 Å². The molecule has 5 nitrogen and oxygen atoms in total. The lowest BCUT2D eigenvalue weighted by Gasteiger charge is -2.27. The Morgan fingerprint density at radius 3 is 3.00 bits per heavy atom. The molecule has 0 radical (unpaired) electrons. The molecule has 1 aliphatic rings. The van der Waals surface area contributed by atoms with E-state index in [2.05, 4.69) is 46.0 Å². The molecule has 5 heteroatoms. The highest BCUT2D eigenvalue weighted by atomic mass is 16.5. The first-order chi connectivity index (χ1) is 11.7. The summed E-state index contributed by atoms with van der Waals surface area (Å²) in [5.41, 5.74) is 4.32. The molecule has 2 aromatic heterocycles. The van der Waals surface area contributed by atoms with Gasteiger partial charge >= 0.3 is 0 Å². The molecule has 0 aliphatic carbocycles. The van der Waals surface area contributed by atoms with Crippen molar-refractivity contribution in [3.8, 4) is 5.75 Å². The molecule has 1 atom stereocenters. The maximum Gasteiger partial charge on any atom is 0.145 e. The maximum atomic E-state index is 5.46. The summed E-state index contributed by atoms with van der Waals surface area (Å²) in [6, 6.07) is 6.47. The van der Waals surface area contributed by atoms with Gasteiger partial charge in [-0.05, 0) is 31.9 Å². The number of aryl methyl sites for hydroxylation is 3. The third-order valence-corrected chi connectivity index (χ3v) is 4.73. The van der Waals surface area contributed by atoms with Crippen molar-refractivity contribution in [2.45, 2.75) is 39.3 Å². The summed E-state index contributed by atoms with van der Waals surface area (Å²) >= 11 is 0. The Balaban J connectivity index is 1.69. The lowest BCUT2D eigenvalue weighted by Crippen LogP contribution is -2.31. The molecule has 1 aromatic carbocycles. The van der Waals surface area contributed by atoms with Crippen molar-refractivity contribution in [2.24, 2.45) is 0 Å². The van der Waals surface area contributed by atoms with Gasteiger partial charge in [0, 0.05) is 42.5 Å². The molecule has 1 aliphatic heterocycles. The number of hydrogen-bond donors (Lipinski definition) is 1. The van der Waals surface area contributed by atoms with Gasteiger partial charge in [0.1, 0.15) is 17.1 Å². The monoisotopic (exact) mass is 322 g/mol. The molecule has 124 valence electrons. The minimum absolute atomic E-state index is 0.390. The van der Waals surface area contributed by atoms with Crippen LogP contribution in [0.2, 0.25) is 0 Å². The summed E-state index contributed by atoms with van der Waals surface area (Å²) in [7, 11) is 1.69. The minimum Gasteiger partial charge on any atom is -0.494 e. The van der Waals surface area contributed by atoms with Crippen molar-refractivity contribution in [2.75, 3.05) is 12.4 Å². The van der Waals surface area contributed by atoms with Crippen LogP contribution in [0.25, 0.3) is 10.9 Å². The number of para-hydroxylation sites is 1. The number of fused-ring (bicyclic) bond motifs is 2. The highest BCUT2D eigenvalue weighted by Gasteiger charge is 2.21. The van der Waals surface area contributed by atoms with E-state index in [0.29, 0.717) is 6.04 Å². The first kappa shape index (κ1) is 15.0. The van der Waals surface area contributed by atoms with E-state index >= 15 is 0 Å². The fourth-order valence-corrected chi connectivity index (χ4v) is 3.56. The zero-order chi connectivity index (χ0) is 16.7. The second kappa shape index (κ2) is 5.82. The number of nitrogens with zero attached hydrogens (tertiary/aromatic N) is 3. The fraction of sp³-hybridized carbons (Fsp3) is 0.368. The van der Waals surface area contributed by atoms with Gasteiger partial charge in [0.05, 0.1) is 12.8 Å². The van der Waals surface area contributed by atoms with E-state index < -0.39 is 0 Å². The zero-order valence-electron chi connectivity index (χ0n) is 14.3. The Kier molecular flexibility index (Phi) is 3.63. The SMILES string of the molecule is COc1cccc2c(NC3CCc4nc(C)cn4C3)c(C)cnc12. The Hall–Kier alpha value is -2.56. The predicted molar refractivity (Wildman–Crippen MR) is 95.7 cm³/mol. The normalized spacial score (nSPS) is 16.9. The molecule has 4 rings (SSSR count). The number of imidazole rings is 1.